The van der Waals surface area contributed by atoms with Crippen molar-refractivity contribution in [2.75, 3.05) is 6.61 Å². The maximum absolute atomic E-state index is 12.8. The molecule has 0 atom stereocenters. The molecule has 0 fully saturated rings. The van der Waals surface area contributed by atoms with E-state index in [1.165, 1.54) is 18.3 Å². The van der Waals surface area contributed by atoms with Gasteiger partial charge >= 0.3 is 6.18 Å². The minimum atomic E-state index is -4.45. The van der Waals surface area contributed by atoms with Crippen LogP contribution in [0.3, 0.4) is 0 Å². The second kappa shape index (κ2) is 8.77. The van der Waals surface area contributed by atoms with Gasteiger partial charge in [-0.05, 0) is 35.4 Å². The van der Waals surface area contributed by atoms with Gasteiger partial charge in [0.15, 0.2) is 0 Å². The van der Waals surface area contributed by atoms with Gasteiger partial charge in [0, 0.05) is 5.56 Å². The van der Waals surface area contributed by atoms with Crippen molar-refractivity contribution >= 4 is 22.9 Å². The van der Waals surface area contributed by atoms with E-state index in [1.807, 2.05) is 43.3 Å². The zero-order valence-electron chi connectivity index (χ0n) is 15.7. The van der Waals surface area contributed by atoms with Gasteiger partial charge in [-0.25, -0.2) is 5.43 Å². The Morgan fingerprint density at radius 1 is 1.10 bits per heavy atom. The van der Waals surface area contributed by atoms with Gasteiger partial charge in [-0.2, -0.15) is 18.3 Å². The van der Waals surface area contributed by atoms with Crippen LogP contribution in [0.2, 0.25) is 0 Å². The number of nitrogens with one attached hydrogen (secondary N) is 1. The second-order valence-electron chi connectivity index (χ2n) is 6.30. The summed E-state index contributed by atoms with van der Waals surface area (Å²) in [6.07, 6.45) is -3.18. The van der Waals surface area contributed by atoms with Crippen molar-refractivity contribution < 1.29 is 22.7 Å². The van der Waals surface area contributed by atoms with E-state index in [2.05, 4.69) is 10.5 Å². The Hall–Kier alpha value is -3.35. The number of amides is 1. The van der Waals surface area contributed by atoms with Crippen LogP contribution in [-0.4, -0.2) is 18.7 Å². The third-order valence-electron chi connectivity index (χ3n) is 4.23. The second-order valence-corrected chi connectivity index (χ2v) is 6.30. The first kappa shape index (κ1) is 20.4. The molecule has 1 amide bonds. The zero-order chi connectivity index (χ0) is 20.9. The third kappa shape index (κ3) is 5.13. The molecular formula is C22H19F3N2O2. The van der Waals surface area contributed by atoms with E-state index in [1.54, 1.807) is 0 Å². The summed E-state index contributed by atoms with van der Waals surface area (Å²) in [6, 6.07) is 16.1. The van der Waals surface area contributed by atoms with E-state index in [-0.39, 0.29) is 12.0 Å². The zero-order valence-corrected chi connectivity index (χ0v) is 15.7. The van der Waals surface area contributed by atoms with Gasteiger partial charge in [0.05, 0.1) is 24.8 Å². The number of ether oxygens (including phenoxy) is 1. The highest BCUT2D eigenvalue weighted by atomic mass is 19.4. The Morgan fingerprint density at radius 3 is 2.66 bits per heavy atom. The summed E-state index contributed by atoms with van der Waals surface area (Å²) >= 11 is 0. The molecule has 0 aliphatic rings. The number of halogens is 3. The molecule has 3 rings (SSSR count). The highest BCUT2D eigenvalue weighted by Crippen LogP contribution is 2.29. The number of nitrogens with zero attached hydrogens (tertiary/aromatic N) is 1. The first-order chi connectivity index (χ1) is 13.9. The number of hydrogen-bond donors (Lipinski definition) is 1. The maximum atomic E-state index is 12.8. The van der Waals surface area contributed by atoms with Crippen molar-refractivity contribution in [3.8, 4) is 5.75 Å². The molecule has 0 unspecified atom stereocenters. The average molecular weight is 400 g/mol. The fourth-order valence-corrected chi connectivity index (χ4v) is 2.94. The van der Waals surface area contributed by atoms with Crippen LogP contribution < -0.4 is 10.2 Å². The number of fused-ring (bicyclic) bond motifs is 1. The number of rotatable bonds is 6. The molecule has 0 saturated heterocycles. The van der Waals surface area contributed by atoms with E-state index in [9.17, 15) is 18.0 Å². The summed E-state index contributed by atoms with van der Waals surface area (Å²) in [5.74, 6) is 0.112. The minimum Gasteiger partial charge on any atom is -0.493 e. The Morgan fingerprint density at radius 2 is 1.90 bits per heavy atom. The predicted octanol–water partition coefficient (Wildman–Crippen LogP) is 4.95. The molecule has 1 N–H and O–H groups in total. The number of hydrogen-bond acceptors (Lipinski definition) is 3. The standard InChI is InChI=1S/C22H19F3N2O2/c1-2-29-20-11-10-16-7-3-4-9-18(16)19(20)14-26-27-21(28)13-15-6-5-8-17(12-15)22(23,24)25/h3-12,14H,2,13H2,1H3,(H,27,28)/b26-14+. The lowest BCUT2D eigenvalue weighted by Gasteiger charge is -2.10. The topological polar surface area (TPSA) is 50.7 Å². The third-order valence-corrected chi connectivity index (χ3v) is 4.23. The molecule has 0 spiro atoms. The summed E-state index contributed by atoms with van der Waals surface area (Å²) < 4.78 is 44.0. The van der Waals surface area contributed by atoms with Crippen molar-refractivity contribution in [1.29, 1.82) is 0 Å². The quantitative estimate of drug-likeness (QED) is 0.470. The Labute approximate surface area is 166 Å². The van der Waals surface area contributed by atoms with Crippen LogP contribution in [0.4, 0.5) is 13.2 Å². The van der Waals surface area contributed by atoms with Gasteiger partial charge in [0.2, 0.25) is 5.91 Å². The maximum Gasteiger partial charge on any atom is 0.416 e. The predicted molar refractivity (Wildman–Crippen MR) is 106 cm³/mol. The van der Waals surface area contributed by atoms with E-state index in [0.717, 1.165) is 22.9 Å². The van der Waals surface area contributed by atoms with E-state index >= 15 is 0 Å². The summed E-state index contributed by atoms with van der Waals surface area (Å²) in [6.45, 7) is 2.34. The molecule has 7 heteroatoms. The van der Waals surface area contributed by atoms with E-state index in [4.69, 9.17) is 4.74 Å². The van der Waals surface area contributed by atoms with Gasteiger partial charge in [0.1, 0.15) is 5.75 Å². The lowest BCUT2D eigenvalue weighted by Crippen LogP contribution is -2.20. The van der Waals surface area contributed by atoms with Crippen molar-refractivity contribution in [1.82, 2.24) is 5.43 Å². The fraction of sp³-hybridized carbons (Fsp3) is 0.182. The monoisotopic (exact) mass is 400 g/mol. The number of benzene rings is 3. The molecule has 0 saturated carbocycles. The fourth-order valence-electron chi connectivity index (χ4n) is 2.94. The molecule has 0 radical (unpaired) electrons. The first-order valence-electron chi connectivity index (χ1n) is 9.01. The van der Waals surface area contributed by atoms with Gasteiger partial charge in [-0.3, -0.25) is 4.79 Å². The number of hydrazone groups is 1. The molecule has 0 aromatic heterocycles. The molecule has 4 nitrogen and oxygen atoms in total. The molecule has 0 heterocycles. The smallest absolute Gasteiger partial charge is 0.416 e. The van der Waals surface area contributed by atoms with Crippen LogP contribution >= 0.6 is 0 Å². The van der Waals surface area contributed by atoms with E-state index in [0.29, 0.717) is 17.9 Å². The van der Waals surface area contributed by atoms with Crippen LogP contribution in [-0.2, 0) is 17.4 Å². The summed E-state index contributed by atoms with van der Waals surface area (Å²) in [5.41, 5.74) is 2.55. The molecule has 3 aromatic rings. The molecule has 150 valence electrons. The van der Waals surface area contributed by atoms with Crippen molar-refractivity contribution in [2.24, 2.45) is 5.10 Å². The molecule has 29 heavy (non-hydrogen) atoms. The van der Waals surface area contributed by atoms with Gasteiger partial charge < -0.3 is 4.74 Å². The van der Waals surface area contributed by atoms with Gasteiger partial charge in [-0.15, -0.1) is 0 Å². The number of alkyl halides is 3. The number of carbonyl (C=O) groups excluding carboxylic acids is 1. The SMILES string of the molecule is CCOc1ccc2ccccc2c1/C=N/NC(=O)Cc1cccc(C(F)(F)F)c1. The van der Waals surface area contributed by atoms with Gasteiger partial charge in [0.25, 0.3) is 0 Å². The van der Waals surface area contributed by atoms with Crippen molar-refractivity contribution in [2.45, 2.75) is 19.5 Å². The van der Waals surface area contributed by atoms with Crippen molar-refractivity contribution in [3.63, 3.8) is 0 Å². The minimum absolute atomic E-state index is 0.213. The van der Waals surface area contributed by atoms with Crippen LogP contribution in [0.25, 0.3) is 10.8 Å². The van der Waals surface area contributed by atoms with Crippen LogP contribution in [0.1, 0.15) is 23.6 Å². The van der Waals surface area contributed by atoms with Crippen molar-refractivity contribution in [3.05, 3.63) is 77.4 Å². The van der Waals surface area contributed by atoms with Crippen LogP contribution in [0, 0.1) is 0 Å². The molecular weight excluding hydrogens is 381 g/mol. The summed E-state index contributed by atoms with van der Waals surface area (Å²) in [5, 5.41) is 5.88. The van der Waals surface area contributed by atoms with E-state index < -0.39 is 17.6 Å². The van der Waals surface area contributed by atoms with Crippen LogP contribution in [0.5, 0.6) is 5.75 Å². The highest BCUT2D eigenvalue weighted by Gasteiger charge is 2.30. The Kier molecular flexibility index (Phi) is 6.16. The lowest BCUT2D eigenvalue weighted by molar-refractivity contribution is -0.137. The summed E-state index contributed by atoms with van der Waals surface area (Å²) in [4.78, 5) is 12.1. The molecule has 0 aliphatic carbocycles. The summed E-state index contributed by atoms with van der Waals surface area (Å²) in [7, 11) is 0. The van der Waals surface area contributed by atoms with Gasteiger partial charge in [-0.1, -0.05) is 48.5 Å². The molecule has 0 bridgehead atoms. The Balaban J connectivity index is 1.75. The lowest BCUT2D eigenvalue weighted by atomic mass is 10.0. The molecule has 0 aliphatic heterocycles. The normalized spacial score (nSPS) is 11.7. The number of carbonyl (C=O) groups is 1. The largest absolute Gasteiger partial charge is 0.493 e. The molecule has 3 aromatic carbocycles. The highest BCUT2D eigenvalue weighted by molar-refractivity contribution is 6.02. The first-order valence-corrected chi connectivity index (χ1v) is 9.01. The average Bonchev–Trinajstić information content (AvgIpc) is 2.69. The van der Waals surface area contributed by atoms with Crippen LogP contribution in [0.15, 0.2) is 65.8 Å². The Bertz CT molecular complexity index is 1050.